The topological polar surface area (TPSA) is 29.5 Å². The van der Waals surface area contributed by atoms with Gasteiger partial charge in [0.05, 0.1) is 12.7 Å². The minimum absolute atomic E-state index is 0.281. The van der Waals surface area contributed by atoms with Gasteiger partial charge < -0.3 is 4.74 Å². The van der Waals surface area contributed by atoms with Crippen molar-refractivity contribution < 1.29 is 13.9 Å². The Morgan fingerprint density at radius 3 is 2.67 bits per heavy atom. The molecule has 3 nitrogen and oxygen atoms in total. The molecule has 2 aromatic carbocycles. The Labute approximate surface area is 146 Å². The SMILES string of the molecule is COC(=O)c1cccc(CN(Cc2c(F)cccc2Cl)C2CC2)c1. The molecule has 0 radical (unpaired) electrons. The fourth-order valence-electron chi connectivity index (χ4n) is 2.79. The van der Waals surface area contributed by atoms with Crippen LogP contribution in [0.5, 0.6) is 0 Å². The normalized spacial score (nSPS) is 14.0. The molecule has 126 valence electrons. The number of esters is 1. The largest absolute Gasteiger partial charge is 0.465 e. The Kier molecular flexibility index (Phi) is 5.17. The average molecular weight is 348 g/mol. The first-order valence-electron chi connectivity index (χ1n) is 7.92. The molecule has 0 aliphatic heterocycles. The standard InChI is InChI=1S/C19H19ClFNO2/c1-24-19(23)14-5-2-4-13(10-14)11-22(15-8-9-15)12-16-17(20)6-3-7-18(16)21/h2-7,10,15H,8-9,11-12H2,1H3. The maximum Gasteiger partial charge on any atom is 0.337 e. The third-order valence-electron chi connectivity index (χ3n) is 4.22. The van der Waals surface area contributed by atoms with Crippen molar-refractivity contribution in [2.45, 2.75) is 32.0 Å². The van der Waals surface area contributed by atoms with Gasteiger partial charge in [-0.3, -0.25) is 4.90 Å². The molecule has 1 aliphatic rings. The number of carbonyl (C=O) groups is 1. The highest BCUT2D eigenvalue weighted by Gasteiger charge is 2.30. The first kappa shape index (κ1) is 16.9. The molecule has 0 aromatic heterocycles. The Bertz CT molecular complexity index is 726. The lowest BCUT2D eigenvalue weighted by Gasteiger charge is -2.23. The highest BCUT2D eigenvalue weighted by molar-refractivity contribution is 6.31. The second-order valence-electron chi connectivity index (χ2n) is 6.03. The predicted molar refractivity (Wildman–Crippen MR) is 91.5 cm³/mol. The summed E-state index contributed by atoms with van der Waals surface area (Å²) in [5.74, 6) is -0.636. The van der Waals surface area contributed by atoms with Crippen LogP contribution in [0.3, 0.4) is 0 Å². The zero-order valence-electron chi connectivity index (χ0n) is 13.5. The van der Waals surface area contributed by atoms with E-state index in [1.807, 2.05) is 18.2 Å². The highest BCUT2D eigenvalue weighted by Crippen LogP contribution is 2.32. The van der Waals surface area contributed by atoms with E-state index in [-0.39, 0.29) is 11.8 Å². The van der Waals surface area contributed by atoms with Crippen LogP contribution in [0, 0.1) is 5.82 Å². The van der Waals surface area contributed by atoms with Crippen LogP contribution in [-0.2, 0) is 17.8 Å². The zero-order valence-corrected chi connectivity index (χ0v) is 14.2. The van der Waals surface area contributed by atoms with Crippen molar-refractivity contribution in [3.8, 4) is 0 Å². The lowest BCUT2D eigenvalue weighted by Crippen LogP contribution is -2.26. The number of halogens is 2. The second kappa shape index (κ2) is 7.32. The molecule has 0 saturated heterocycles. The number of benzene rings is 2. The van der Waals surface area contributed by atoms with E-state index in [1.54, 1.807) is 18.2 Å². The predicted octanol–water partition coefficient (Wildman–Crippen LogP) is 4.43. The summed E-state index contributed by atoms with van der Waals surface area (Å²) in [4.78, 5) is 13.9. The van der Waals surface area contributed by atoms with E-state index in [0.717, 1.165) is 18.4 Å². The van der Waals surface area contributed by atoms with Crippen LogP contribution >= 0.6 is 11.6 Å². The van der Waals surface area contributed by atoms with Crippen molar-refractivity contribution >= 4 is 17.6 Å². The third-order valence-corrected chi connectivity index (χ3v) is 4.57. The van der Waals surface area contributed by atoms with Gasteiger partial charge in [-0.25, -0.2) is 9.18 Å². The van der Waals surface area contributed by atoms with Crippen LogP contribution in [0.15, 0.2) is 42.5 Å². The molecule has 1 fully saturated rings. The maximum atomic E-state index is 14.1. The fraction of sp³-hybridized carbons (Fsp3) is 0.316. The van der Waals surface area contributed by atoms with E-state index in [2.05, 4.69) is 4.90 Å². The molecule has 0 unspecified atom stereocenters. The molecule has 0 amide bonds. The van der Waals surface area contributed by atoms with E-state index in [9.17, 15) is 9.18 Å². The van der Waals surface area contributed by atoms with Gasteiger partial charge in [-0.05, 0) is 42.7 Å². The number of methoxy groups -OCH3 is 1. The van der Waals surface area contributed by atoms with Crippen molar-refractivity contribution in [1.29, 1.82) is 0 Å². The van der Waals surface area contributed by atoms with E-state index >= 15 is 0 Å². The zero-order chi connectivity index (χ0) is 17.1. The summed E-state index contributed by atoms with van der Waals surface area (Å²) in [6.07, 6.45) is 2.20. The number of nitrogens with zero attached hydrogens (tertiary/aromatic N) is 1. The van der Waals surface area contributed by atoms with Gasteiger partial charge in [-0.15, -0.1) is 0 Å². The molecular weight excluding hydrogens is 329 g/mol. The van der Waals surface area contributed by atoms with Crippen molar-refractivity contribution in [2.75, 3.05) is 7.11 Å². The first-order chi connectivity index (χ1) is 11.6. The first-order valence-corrected chi connectivity index (χ1v) is 8.30. The van der Waals surface area contributed by atoms with Crippen molar-refractivity contribution in [3.63, 3.8) is 0 Å². The molecule has 0 spiro atoms. The van der Waals surface area contributed by atoms with Crippen LogP contribution in [0.2, 0.25) is 5.02 Å². The van der Waals surface area contributed by atoms with E-state index < -0.39 is 0 Å². The molecule has 0 N–H and O–H groups in total. The quantitative estimate of drug-likeness (QED) is 0.724. The van der Waals surface area contributed by atoms with Crippen LogP contribution in [0.25, 0.3) is 0 Å². The summed E-state index contributed by atoms with van der Waals surface area (Å²) < 4.78 is 18.8. The lowest BCUT2D eigenvalue weighted by molar-refractivity contribution is 0.0600. The Hall–Kier alpha value is -1.91. The van der Waals surface area contributed by atoms with E-state index in [4.69, 9.17) is 16.3 Å². The van der Waals surface area contributed by atoms with Gasteiger partial charge in [0.1, 0.15) is 5.82 Å². The smallest absolute Gasteiger partial charge is 0.337 e. The van der Waals surface area contributed by atoms with Crippen LogP contribution in [0.4, 0.5) is 4.39 Å². The molecule has 5 heteroatoms. The molecule has 1 saturated carbocycles. The number of rotatable bonds is 6. The third kappa shape index (κ3) is 3.94. The summed E-state index contributed by atoms with van der Waals surface area (Å²) >= 11 is 6.16. The van der Waals surface area contributed by atoms with Gasteiger partial charge in [-0.2, -0.15) is 0 Å². The summed E-state index contributed by atoms with van der Waals surface area (Å²) in [7, 11) is 1.37. The van der Waals surface area contributed by atoms with Gasteiger partial charge in [-0.1, -0.05) is 29.8 Å². The summed E-state index contributed by atoms with van der Waals surface area (Å²) in [5, 5.41) is 0.448. The Morgan fingerprint density at radius 1 is 1.25 bits per heavy atom. The van der Waals surface area contributed by atoms with Crippen LogP contribution < -0.4 is 0 Å². The van der Waals surface area contributed by atoms with Gasteiger partial charge in [0, 0.05) is 29.7 Å². The van der Waals surface area contributed by atoms with Gasteiger partial charge >= 0.3 is 5.97 Å². The molecule has 2 aromatic rings. The van der Waals surface area contributed by atoms with Gasteiger partial charge in [0.15, 0.2) is 0 Å². The Morgan fingerprint density at radius 2 is 2.00 bits per heavy atom. The van der Waals surface area contributed by atoms with Gasteiger partial charge in [0.2, 0.25) is 0 Å². The molecular formula is C19H19ClFNO2. The summed E-state index contributed by atoms with van der Waals surface area (Å²) in [6, 6.07) is 12.5. The molecule has 24 heavy (non-hydrogen) atoms. The minimum atomic E-state index is -0.355. The number of hydrogen-bond donors (Lipinski definition) is 0. The fourth-order valence-corrected chi connectivity index (χ4v) is 3.01. The summed E-state index contributed by atoms with van der Waals surface area (Å²) in [6.45, 7) is 1.10. The van der Waals surface area contributed by atoms with Crippen molar-refractivity contribution in [2.24, 2.45) is 0 Å². The van der Waals surface area contributed by atoms with E-state index in [0.29, 0.717) is 35.3 Å². The molecule has 3 rings (SSSR count). The molecule has 0 heterocycles. The average Bonchev–Trinajstić information content (AvgIpc) is 3.42. The van der Waals surface area contributed by atoms with Gasteiger partial charge in [0.25, 0.3) is 0 Å². The van der Waals surface area contributed by atoms with Crippen molar-refractivity contribution in [1.82, 2.24) is 4.90 Å². The molecule has 0 bridgehead atoms. The lowest BCUT2D eigenvalue weighted by atomic mass is 10.1. The second-order valence-corrected chi connectivity index (χ2v) is 6.44. The van der Waals surface area contributed by atoms with E-state index in [1.165, 1.54) is 13.2 Å². The number of hydrogen-bond acceptors (Lipinski definition) is 3. The number of carbonyl (C=O) groups excluding carboxylic acids is 1. The minimum Gasteiger partial charge on any atom is -0.465 e. The van der Waals surface area contributed by atoms with Crippen molar-refractivity contribution in [3.05, 3.63) is 70.0 Å². The monoisotopic (exact) mass is 347 g/mol. The van der Waals surface area contributed by atoms with Crippen LogP contribution in [-0.4, -0.2) is 24.0 Å². The highest BCUT2D eigenvalue weighted by atomic mass is 35.5. The Balaban J connectivity index is 1.79. The molecule has 1 aliphatic carbocycles. The maximum absolute atomic E-state index is 14.1. The molecule has 0 atom stereocenters. The van der Waals surface area contributed by atoms with Crippen LogP contribution in [0.1, 0.15) is 34.3 Å². The summed E-state index contributed by atoms with van der Waals surface area (Å²) in [5.41, 5.74) is 2.04. The number of ether oxygens (including phenoxy) is 1.